The van der Waals surface area contributed by atoms with Crippen LogP contribution in [0.15, 0.2) is 24.3 Å². The lowest BCUT2D eigenvalue weighted by molar-refractivity contribution is -0.117. The summed E-state index contributed by atoms with van der Waals surface area (Å²) >= 11 is 0. The summed E-state index contributed by atoms with van der Waals surface area (Å²) in [6.07, 6.45) is -0.0657. The summed E-state index contributed by atoms with van der Waals surface area (Å²) in [5.74, 6) is -0.253. The number of hydrogen-bond acceptors (Lipinski definition) is 5. The molecule has 1 aliphatic rings. The van der Waals surface area contributed by atoms with Crippen molar-refractivity contribution in [2.45, 2.75) is 45.8 Å². The van der Waals surface area contributed by atoms with Gasteiger partial charge in [0.1, 0.15) is 11.6 Å². The van der Waals surface area contributed by atoms with Crippen LogP contribution in [0.1, 0.15) is 34.1 Å². The molecule has 1 atom stereocenters. The SMILES string of the molecule is C[C@@H](NC(=O)OC(C)(C)C)C(=O)Nc1ccc(N2CCCS2(=O)=O)cc1. The van der Waals surface area contributed by atoms with E-state index < -0.39 is 33.7 Å². The number of ether oxygens (including phenoxy) is 1. The molecule has 0 unspecified atom stereocenters. The van der Waals surface area contributed by atoms with E-state index in [4.69, 9.17) is 4.74 Å². The Hall–Kier alpha value is -2.29. The predicted octanol–water partition coefficient (Wildman–Crippen LogP) is 2.08. The van der Waals surface area contributed by atoms with Gasteiger partial charge < -0.3 is 15.4 Å². The quantitative estimate of drug-likeness (QED) is 0.828. The van der Waals surface area contributed by atoms with Crippen molar-refractivity contribution in [3.05, 3.63) is 24.3 Å². The Morgan fingerprint density at radius 3 is 2.31 bits per heavy atom. The number of nitrogens with one attached hydrogen (secondary N) is 2. The van der Waals surface area contributed by atoms with E-state index in [9.17, 15) is 18.0 Å². The van der Waals surface area contributed by atoms with Crippen molar-refractivity contribution in [2.24, 2.45) is 0 Å². The Kier molecular flexibility index (Phi) is 5.80. The summed E-state index contributed by atoms with van der Waals surface area (Å²) in [5.41, 5.74) is 0.431. The van der Waals surface area contributed by atoms with Gasteiger partial charge in [-0.05, 0) is 58.4 Å². The molecule has 1 aliphatic heterocycles. The van der Waals surface area contributed by atoms with Crippen molar-refractivity contribution in [1.82, 2.24) is 5.32 Å². The molecule has 2 rings (SSSR count). The molecule has 0 aliphatic carbocycles. The fourth-order valence-electron chi connectivity index (χ4n) is 2.44. The molecule has 0 saturated carbocycles. The normalized spacial score (nSPS) is 17.5. The second kappa shape index (κ2) is 7.53. The first-order chi connectivity index (χ1) is 12.0. The zero-order valence-corrected chi connectivity index (χ0v) is 16.2. The molecule has 1 saturated heterocycles. The van der Waals surface area contributed by atoms with Crippen LogP contribution in [0.25, 0.3) is 0 Å². The Bertz CT molecular complexity index is 769. The van der Waals surface area contributed by atoms with Gasteiger partial charge in [-0.25, -0.2) is 13.2 Å². The third-order valence-corrected chi connectivity index (χ3v) is 5.52. The van der Waals surface area contributed by atoms with Crippen molar-refractivity contribution < 1.29 is 22.7 Å². The molecule has 8 nitrogen and oxygen atoms in total. The van der Waals surface area contributed by atoms with E-state index in [2.05, 4.69) is 10.6 Å². The maximum atomic E-state index is 12.2. The van der Waals surface area contributed by atoms with Gasteiger partial charge in [0, 0.05) is 12.2 Å². The Balaban J connectivity index is 1.94. The lowest BCUT2D eigenvalue weighted by Gasteiger charge is -2.21. The number of carbonyl (C=O) groups is 2. The summed E-state index contributed by atoms with van der Waals surface area (Å²) in [5, 5.41) is 5.13. The minimum absolute atomic E-state index is 0.152. The fourth-order valence-corrected chi connectivity index (χ4v) is 4.01. The molecule has 0 spiro atoms. The molecule has 1 aromatic rings. The van der Waals surface area contributed by atoms with Crippen molar-refractivity contribution in [2.75, 3.05) is 21.9 Å². The van der Waals surface area contributed by atoms with Gasteiger partial charge in [-0.2, -0.15) is 0 Å². The second-order valence-corrected chi connectivity index (χ2v) is 9.16. The fraction of sp³-hybridized carbons (Fsp3) is 0.529. The van der Waals surface area contributed by atoms with Crippen LogP contribution >= 0.6 is 0 Å². The van der Waals surface area contributed by atoms with Crippen LogP contribution in [-0.4, -0.2) is 44.4 Å². The van der Waals surface area contributed by atoms with Crippen LogP contribution in [-0.2, 0) is 19.6 Å². The average molecular weight is 383 g/mol. The van der Waals surface area contributed by atoms with Gasteiger partial charge in [0.05, 0.1) is 11.4 Å². The number of hydrogen-bond donors (Lipinski definition) is 2. The van der Waals surface area contributed by atoms with Crippen LogP contribution in [0.2, 0.25) is 0 Å². The van der Waals surface area contributed by atoms with Crippen LogP contribution in [0.4, 0.5) is 16.2 Å². The van der Waals surface area contributed by atoms with E-state index in [1.54, 1.807) is 52.0 Å². The van der Waals surface area contributed by atoms with Crippen molar-refractivity contribution in [3.8, 4) is 0 Å². The summed E-state index contributed by atoms with van der Waals surface area (Å²) in [6, 6.07) is 5.75. The van der Waals surface area contributed by atoms with Gasteiger partial charge in [-0.15, -0.1) is 0 Å². The summed E-state index contributed by atoms with van der Waals surface area (Å²) < 4.78 is 30.3. The van der Waals surface area contributed by atoms with Gasteiger partial charge in [0.25, 0.3) is 0 Å². The van der Waals surface area contributed by atoms with Gasteiger partial charge in [-0.1, -0.05) is 0 Å². The molecule has 1 fully saturated rings. The predicted molar refractivity (Wildman–Crippen MR) is 99.7 cm³/mol. The van der Waals surface area contributed by atoms with E-state index in [-0.39, 0.29) is 5.75 Å². The highest BCUT2D eigenvalue weighted by Gasteiger charge is 2.28. The van der Waals surface area contributed by atoms with Gasteiger partial charge >= 0.3 is 6.09 Å². The Morgan fingerprint density at radius 2 is 1.81 bits per heavy atom. The molecule has 0 radical (unpaired) electrons. The highest BCUT2D eigenvalue weighted by molar-refractivity contribution is 7.93. The van der Waals surface area contributed by atoms with Gasteiger partial charge in [-0.3, -0.25) is 9.10 Å². The van der Waals surface area contributed by atoms with Crippen molar-refractivity contribution in [3.63, 3.8) is 0 Å². The molecule has 1 heterocycles. The lowest BCUT2D eigenvalue weighted by atomic mass is 10.2. The van der Waals surface area contributed by atoms with Crippen molar-refractivity contribution >= 4 is 33.4 Å². The van der Waals surface area contributed by atoms with Crippen LogP contribution in [0, 0.1) is 0 Å². The van der Waals surface area contributed by atoms with E-state index in [0.29, 0.717) is 24.3 Å². The zero-order chi connectivity index (χ0) is 19.5. The number of carbonyl (C=O) groups excluding carboxylic acids is 2. The topological polar surface area (TPSA) is 105 Å². The molecule has 0 bridgehead atoms. The summed E-state index contributed by atoms with van der Waals surface area (Å²) in [6.45, 7) is 7.22. The van der Waals surface area contributed by atoms with E-state index >= 15 is 0 Å². The third-order valence-electron chi connectivity index (χ3n) is 3.65. The molecule has 144 valence electrons. The smallest absolute Gasteiger partial charge is 0.408 e. The van der Waals surface area contributed by atoms with Gasteiger partial charge in [0.2, 0.25) is 15.9 Å². The summed E-state index contributed by atoms with van der Waals surface area (Å²) in [7, 11) is -3.23. The maximum Gasteiger partial charge on any atom is 0.408 e. The second-order valence-electron chi connectivity index (χ2n) is 7.15. The van der Waals surface area contributed by atoms with E-state index in [1.165, 1.54) is 4.31 Å². The number of rotatable bonds is 4. The number of alkyl carbamates (subject to hydrolysis) is 1. The maximum absolute atomic E-state index is 12.2. The molecular formula is C17H25N3O5S. The zero-order valence-electron chi connectivity index (χ0n) is 15.4. The molecule has 9 heteroatoms. The minimum Gasteiger partial charge on any atom is -0.444 e. The number of sulfonamides is 1. The highest BCUT2D eigenvalue weighted by atomic mass is 32.2. The van der Waals surface area contributed by atoms with Crippen LogP contribution < -0.4 is 14.9 Å². The molecular weight excluding hydrogens is 358 g/mol. The number of benzene rings is 1. The standard InChI is InChI=1S/C17H25N3O5S/c1-12(18-16(22)25-17(2,3)4)15(21)19-13-6-8-14(9-7-13)20-10-5-11-26(20,23)24/h6-9,12H,5,10-11H2,1-4H3,(H,18,22)(H,19,21)/t12-/m1/s1. The van der Waals surface area contributed by atoms with Crippen LogP contribution in [0.3, 0.4) is 0 Å². The number of anilines is 2. The highest BCUT2D eigenvalue weighted by Crippen LogP contribution is 2.25. The largest absolute Gasteiger partial charge is 0.444 e. The summed E-state index contributed by atoms with van der Waals surface area (Å²) in [4.78, 5) is 23.9. The monoisotopic (exact) mass is 383 g/mol. The van der Waals surface area contributed by atoms with E-state index in [0.717, 1.165) is 0 Å². The first kappa shape index (κ1) is 20.0. The van der Waals surface area contributed by atoms with Crippen LogP contribution in [0.5, 0.6) is 0 Å². The number of amides is 2. The Morgan fingerprint density at radius 1 is 1.19 bits per heavy atom. The molecule has 2 amide bonds. The molecule has 1 aromatic carbocycles. The lowest BCUT2D eigenvalue weighted by Crippen LogP contribution is -2.43. The number of nitrogens with zero attached hydrogens (tertiary/aromatic N) is 1. The van der Waals surface area contributed by atoms with Gasteiger partial charge in [0.15, 0.2) is 0 Å². The average Bonchev–Trinajstić information content (AvgIpc) is 2.85. The minimum atomic E-state index is -3.23. The third kappa shape index (κ3) is 5.35. The molecule has 2 N–H and O–H groups in total. The van der Waals surface area contributed by atoms with E-state index in [1.807, 2.05) is 0 Å². The van der Waals surface area contributed by atoms with Crippen molar-refractivity contribution in [1.29, 1.82) is 0 Å². The first-order valence-electron chi connectivity index (χ1n) is 8.39. The molecule has 26 heavy (non-hydrogen) atoms. The Labute approximate surface area is 153 Å². The molecule has 0 aromatic heterocycles. The first-order valence-corrected chi connectivity index (χ1v) is 10.00.